The highest BCUT2D eigenvalue weighted by molar-refractivity contribution is 7.93. The fourth-order valence-corrected chi connectivity index (χ4v) is 14.2. The van der Waals surface area contributed by atoms with Crippen LogP contribution in [0.2, 0.25) is 5.02 Å². The number of nitrogens with zero attached hydrogens (tertiary/aromatic N) is 5. The van der Waals surface area contributed by atoms with Crippen molar-refractivity contribution in [3.63, 3.8) is 0 Å². The van der Waals surface area contributed by atoms with Crippen molar-refractivity contribution in [2.45, 2.75) is 41.1 Å². The average molecular weight is 1470 g/mol. The molecule has 0 aliphatic rings. The van der Waals surface area contributed by atoms with Crippen molar-refractivity contribution in [2.75, 3.05) is 23.7 Å². The maximum absolute atomic E-state index is 15.4. The zero-order valence-electron chi connectivity index (χ0n) is 53.6. The van der Waals surface area contributed by atoms with Gasteiger partial charge in [-0.3, -0.25) is 29.0 Å². The first-order valence-corrected chi connectivity index (χ1v) is 34.9. The highest BCUT2D eigenvalue weighted by atomic mass is 35.5. The number of carbonyl (C=O) groups is 4. The van der Waals surface area contributed by atoms with Crippen LogP contribution in [-0.4, -0.2) is 86.8 Å². The van der Waals surface area contributed by atoms with Crippen LogP contribution in [0.5, 0.6) is 0 Å². The van der Waals surface area contributed by atoms with Gasteiger partial charge in [0.15, 0.2) is 0 Å². The smallest absolute Gasteiger partial charge is 0.328 e. The summed E-state index contributed by atoms with van der Waals surface area (Å²) >= 11 is 8.10. The molecule has 12 aromatic rings. The second-order valence-corrected chi connectivity index (χ2v) is 27.2. The van der Waals surface area contributed by atoms with Crippen LogP contribution in [0.15, 0.2) is 215 Å². The quantitative estimate of drug-likeness (QED) is 0.0296. The molecule has 0 unspecified atom stereocenters. The van der Waals surface area contributed by atoms with E-state index in [1.54, 1.807) is 73.1 Å². The van der Waals surface area contributed by atoms with E-state index in [-0.39, 0.29) is 29.1 Å². The van der Waals surface area contributed by atoms with Crippen LogP contribution in [0.3, 0.4) is 0 Å². The third kappa shape index (κ3) is 16.6. The molecule has 0 aliphatic heterocycles. The summed E-state index contributed by atoms with van der Waals surface area (Å²) in [6, 6.07) is 39.3. The SMILES string of the molecule is COC(=O)[C@H](Cc1ccc(-c2ccc(CC#N)cc2Cl)c2ncccc12)NC(=O)c1c(F)cc(NS(=O)(=O)c2ccc(-c3ccnc(F)c3)cc2)cc1F.COC(=O)[C@H](Cc1ccc(-c2ccsc2)c2ncccc12)NC(=O)c1c(F)cc(NS(=O)(=O)c2ccc(-c3ccnc(F)c3)cc2)cc1F. The lowest BCUT2D eigenvalue weighted by Gasteiger charge is -2.19. The summed E-state index contributed by atoms with van der Waals surface area (Å²) < 4.78 is 154. The van der Waals surface area contributed by atoms with Crippen LogP contribution in [0.1, 0.15) is 37.4 Å². The number of pyridine rings is 4. The number of anilines is 2. The van der Waals surface area contributed by atoms with Gasteiger partial charge in [-0.15, -0.1) is 0 Å². The van der Waals surface area contributed by atoms with Crippen molar-refractivity contribution in [1.82, 2.24) is 30.6 Å². The number of nitrogens with one attached hydrogen (secondary N) is 4. The molecule has 103 heavy (non-hydrogen) atoms. The molecule has 29 heteroatoms. The van der Waals surface area contributed by atoms with Crippen molar-refractivity contribution < 1.29 is 71.8 Å². The molecule has 12 rings (SSSR count). The highest BCUT2D eigenvalue weighted by Gasteiger charge is 2.31. The Balaban J connectivity index is 0.000000208. The fraction of sp³-hybridized carbons (Fsp3) is 0.0946. The number of halogens is 7. The Labute approximate surface area is 592 Å². The lowest BCUT2D eigenvalue weighted by molar-refractivity contribution is -0.143. The van der Waals surface area contributed by atoms with E-state index in [4.69, 9.17) is 26.3 Å². The van der Waals surface area contributed by atoms with E-state index in [1.807, 2.05) is 29.0 Å². The minimum absolute atomic E-state index is 0.0828. The second kappa shape index (κ2) is 31.3. The number of methoxy groups -OCH3 is 2. The van der Waals surface area contributed by atoms with Crippen molar-refractivity contribution in [3.8, 4) is 50.6 Å². The van der Waals surface area contributed by atoms with Crippen LogP contribution in [0.25, 0.3) is 66.3 Å². The molecule has 5 aromatic heterocycles. The molecular weight excluding hydrogens is 1420 g/mol. The molecule has 5 heterocycles. The van der Waals surface area contributed by atoms with Gasteiger partial charge in [0.1, 0.15) is 46.5 Å². The summed E-state index contributed by atoms with van der Waals surface area (Å²) in [5.41, 5.74) is 5.12. The van der Waals surface area contributed by atoms with E-state index in [9.17, 15) is 44.8 Å². The second-order valence-electron chi connectivity index (χ2n) is 22.6. The summed E-state index contributed by atoms with van der Waals surface area (Å²) in [5.74, 6) is -11.3. The number of sulfonamides is 2. The zero-order valence-corrected chi connectivity index (χ0v) is 56.8. The van der Waals surface area contributed by atoms with Crippen LogP contribution in [0.4, 0.5) is 37.7 Å². The Morgan fingerprint density at radius 1 is 0.505 bits per heavy atom. The van der Waals surface area contributed by atoms with Gasteiger partial charge in [-0.2, -0.15) is 25.4 Å². The van der Waals surface area contributed by atoms with E-state index in [0.29, 0.717) is 95.6 Å². The summed E-state index contributed by atoms with van der Waals surface area (Å²) in [7, 11) is -6.47. The summed E-state index contributed by atoms with van der Waals surface area (Å²) in [5, 5.41) is 19.4. The van der Waals surface area contributed by atoms with Crippen LogP contribution >= 0.6 is 22.9 Å². The number of esters is 2. The Hall–Kier alpha value is -11.9. The number of thiophene rings is 1. The molecule has 19 nitrogen and oxygen atoms in total. The molecule has 2 atom stereocenters. The van der Waals surface area contributed by atoms with Gasteiger partial charge in [0.25, 0.3) is 31.9 Å². The van der Waals surface area contributed by atoms with E-state index in [1.165, 1.54) is 90.5 Å². The van der Waals surface area contributed by atoms with E-state index in [0.717, 1.165) is 30.9 Å². The third-order valence-electron chi connectivity index (χ3n) is 16.1. The Bertz CT molecular complexity index is 5520. The Kier molecular flexibility index (Phi) is 22.0. The predicted molar refractivity (Wildman–Crippen MR) is 374 cm³/mol. The van der Waals surface area contributed by atoms with Crippen molar-refractivity contribution >= 4 is 99.9 Å². The fourth-order valence-electron chi connectivity index (χ4n) is 11.2. The third-order valence-corrected chi connectivity index (χ3v) is 19.9. The monoisotopic (exact) mass is 1470 g/mol. The molecule has 7 aromatic carbocycles. The normalized spacial score (nSPS) is 11.9. The molecular formula is C74H52ClF6N9O10S3. The summed E-state index contributed by atoms with van der Waals surface area (Å²) in [6.07, 6.45) is 5.68. The standard InChI is InChI=1S/C39H27ClF3N5O5S.C35H25F3N4O5S2/c1-53-39(50)34(18-25-7-11-30(37-28(25)3-2-15-46-37)29-10-4-22(12-14-44)17-31(29)40)47-38(49)36-32(41)20-26(21-33(36)42)48-54(51,52)27-8-5-23(6-9-27)24-13-16-45-35(43)19-24;1-47-35(44)30(15-22-6-9-27(23-11-14-48-19-23)33-26(22)3-2-12-40-33)41-34(43)32-28(36)17-24(18-29(32)37)42-49(45,46)25-7-4-20(5-8-25)21-10-13-39-31(38)16-21/h2-11,13,15-17,19-21,34,48H,12,18H2,1H3,(H,47,49);2-14,16-19,30,42H,15H2,1H3,(H,41,43)/t34-;30-/m00/s1. The number of fused-ring (bicyclic) bond motifs is 2. The maximum Gasteiger partial charge on any atom is 0.328 e. The molecule has 520 valence electrons. The van der Waals surface area contributed by atoms with E-state index < -0.39 is 114 Å². The van der Waals surface area contributed by atoms with Crippen LogP contribution in [0, 0.1) is 46.5 Å². The van der Waals surface area contributed by atoms with Gasteiger partial charge < -0.3 is 20.1 Å². The topological polar surface area (TPSA) is 278 Å². The van der Waals surface area contributed by atoms with E-state index >= 15 is 17.6 Å². The zero-order chi connectivity index (χ0) is 73.3. The summed E-state index contributed by atoms with van der Waals surface area (Å²) in [6.45, 7) is 0. The summed E-state index contributed by atoms with van der Waals surface area (Å²) in [4.78, 5) is 67.7. The van der Waals surface area contributed by atoms with Crippen LogP contribution < -0.4 is 20.1 Å². The van der Waals surface area contributed by atoms with Crippen molar-refractivity contribution in [2.24, 2.45) is 0 Å². The first-order chi connectivity index (χ1) is 49.4. The van der Waals surface area contributed by atoms with Crippen LogP contribution in [-0.2, 0) is 58.4 Å². The van der Waals surface area contributed by atoms with E-state index in [2.05, 4.69) is 46.1 Å². The number of benzene rings is 7. The number of hydrogen-bond acceptors (Lipinski definition) is 16. The first-order valence-electron chi connectivity index (χ1n) is 30.6. The minimum atomic E-state index is -4.36. The number of amides is 2. The number of aromatic nitrogens is 4. The van der Waals surface area contributed by atoms with Gasteiger partial charge in [-0.05, 0) is 140 Å². The lowest BCUT2D eigenvalue weighted by atomic mass is 9.94. The molecule has 0 radical (unpaired) electrons. The molecule has 0 aliphatic carbocycles. The van der Waals surface area contributed by atoms with Gasteiger partial charge in [0, 0.05) is 82.2 Å². The number of carbonyl (C=O) groups excluding carboxylic acids is 4. The number of rotatable bonds is 21. The predicted octanol–water partition coefficient (Wildman–Crippen LogP) is 14.2. The van der Waals surface area contributed by atoms with Gasteiger partial charge >= 0.3 is 11.9 Å². The Morgan fingerprint density at radius 2 is 0.942 bits per heavy atom. The van der Waals surface area contributed by atoms with Gasteiger partial charge in [-0.1, -0.05) is 84.4 Å². The highest BCUT2D eigenvalue weighted by Crippen LogP contribution is 2.37. The Morgan fingerprint density at radius 3 is 1.35 bits per heavy atom. The van der Waals surface area contributed by atoms with Crippen molar-refractivity contribution in [3.05, 3.63) is 273 Å². The van der Waals surface area contributed by atoms with Gasteiger partial charge in [0.05, 0.1) is 58.9 Å². The van der Waals surface area contributed by atoms with Crippen molar-refractivity contribution in [1.29, 1.82) is 5.26 Å². The van der Waals surface area contributed by atoms with Gasteiger partial charge in [0.2, 0.25) is 11.9 Å². The number of ether oxygens (including phenoxy) is 2. The first kappa shape index (κ1) is 72.4. The minimum Gasteiger partial charge on any atom is -0.467 e. The molecule has 0 spiro atoms. The number of nitriles is 1. The molecule has 0 bridgehead atoms. The average Bonchev–Trinajstić information content (AvgIpc) is 1.77. The largest absolute Gasteiger partial charge is 0.467 e. The molecule has 0 saturated heterocycles. The molecule has 4 N–H and O–H groups in total. The lowest BCUT2D eigenvalue weighted by Crippen LogP contribution is -2.43. The van der Waals surface area contributed by atoms with Gasteiger partial charge in [-0.25, -0.2) is 54.0 Å². The maximum atomic E-state index is 15.4. The molecule has 0 fully saturated rings. The molecule has 0 saturated carbocycles. The molecule has 2 amide bonds. The number of hydrogen-bond donors (Lipinski definition) is 4.